The molecule has 0 spiro atoms. The van der Waals surface area contributed by atoms with Gasteiger partial charge in [-0.05, 0) is 60.0 Å². The number of thiophene rings is 1. The van der Waals surface area contributed by atoms with Gasteiger partial charge in [-0.15, -0.1) is 11.3 Å². The number of halogens is 1. The number of hydrogen-bond acceptors (Lipinski definition) is 2. The van der Waals surface area contributed by atoms with Crippen LogP contribution in [0.3, 0.4) is 0 Å². The van der Waals surface area contributed by atoms with Crippen molar-refractivity contribution < 1.29 is 0 Å². The van der Waals surface area contributed by atoms with E-state index >= 15 is 0 Å². The number of fused-ring (bicyclic) bond motifs is 2. The summed E-state index contributed by atoms with van der Waals surface area (Å²) in [4.78, 5) is 2.86. The first kappa shape index (κ1) is 11.2. The molecule has 1 nitrogen and oxygen atoms in total. The largest absolute Gasteiger partial charge is 0.309 e. The first-order valence-electron chi connectivity index (χ1n) is 6.20. The molecule has 3 unspecified atom stereocenters. The van der Waals surface area contributed by atoms with Crippen molar-refractivity contribution in [2.75, 3.05) is 0 Å². The Morgan fingerprint density at radius 2 is 2.31 bits per heavy atom. The summed E-state index contributed by atoms with van der Waals surface area (Å²) in [7, 11) is 0. The molecule has 0 radical (unpaired) electrons. The van der Waals surface area contributed by atoms with E-state index in [9.17, 15) is 0 Å². The van der Waals surface area contributed by atoms with Gasteiger partial charge in [0.15, 0.2) is 0 Å². The van der Waals surface area contributed by atoms with Gasteiger partial charge >= 0.3 is 0 Å². The number of hydrogen-bond donors (Lipinski definition) is 1. The lowest BCUT2D eigenvalue weighted by Gasteiger charge is -2.22. The SMILES string of the molecule is Cc1sc(CNC2CC3CCC2C3)cc1Br. The molecule has 0 amide bonds. The van der Waals surface area contributed by atoms with Crippen LogP contribution < -0.4 is 5.32 Å². The molecule has 1 N–H and O–H groups in total. The summed E-state index contributed by atoms with van der Waals surface area (Å²) in [6.45, 7) is 3.24. The molecule has 1 aromatic rings. The molecule has 0 aliphatic heterocycles. The highest BCUT2D eigenvalue weighted by Crippen LogP contribution is 2.44. The van der Waals surface area contributed by atoms with Crippen molar-refractivity contribution in [2.45, 2.75) is 45.2 Å². The van der Waals surface area contributed by atoms with Gasteiger partial charge in [0.1, 0.15) is 0 Å². The molecule has 88 valence electrons. The molecule has 0 saturated heterocycles. The maximum Gasteiger partial charge on any atom is 0.0314 e. The summed E-state index contributed by atoms with van der Waals surface area (Å²) >= 11 is 5.49. The van der Waals surface area contributed by atoms with Gasteiger partial charge in [0.2, 0.25) is 0 Å². The van der Waals surface area contributed by atoms with Gasteiger partial charge in [-0.25, -0.2) is 0 Å². The van der Waals surface area contributed by atoms with Crippen LogP contribution in [-0.4, -0.2) is 6.04 Å². The number of rotatable bonds is 3. The van der Waals surface area contributed by atoms with Crippen LogP contribution in [0.25, 0.3) is 0 Å². The smallest absolute Gasteiger partial charge is 0.0314 e. The average Bonchev–Trinajstić information content (AvgIpc) is 2.92. The van der Waals surface area contributed by atoms with Crippen molar-refractivity contribution in [1.82, 2.24) is 5.32 Å². The predicted octanol–water partition coefficient (Wildman–Crippen LogP) is 4.10. The maximum absolute atomic E-state index is 3.76. The van der Waals surface area contributed by atoms with Crippen molar-refractivity contribution in [3.63, 3.8) is 0 Å². The Balaban J connectivity index is 1.57. The maximum atomic E-state index is 3.76. The van der Waals surface area contributed by atoms with Crippen LogP contribution in [0.1, 0.15) is 35.4 Å². The van der Waals surface area contributed by atoms with E-state index in [1.165, 1.54) is 39.9 Å². The van der Waals surface area contributed by atoms with Gasteiger partial charge in [0.25, 0.3) is 0 Å². The lowest BCUT2D eigenvalue weighted by Crippen LogP contribution is -2.33. The molecule has 3 heteroatoms. The summed E-state index contributed by atoms with van der Waals surface area (Å²) in [5, 5.41) is 3.76. The second-order valence-electron chi connectivity index (χ2n) is 5.28. The van der Waals surface area contributed by atoms with E-state index in [0.29, 0.717) is 0 Å². The summed E-state index contributed by atoms with van der Waals surface area (Å²) < 4.78 is 1.27. The van der Waals surface area contributed by atoms with E-state index in [2.05, 4.69) is 34.2 Å². The van der Waals surface area contributed by atoms with E-state index in [1.807, 2.05) is 11.3 Å². The Labute approximate surface area is 110 Å². The van der Waals surface area contributed by atoms with Crippen LogP contribution in [0.4, 0.5) is 0 Å². The second-order valence-corrected chi connectivity index (χ2v) is 7.47. The molecule has 2 saturated carbocycles. The van der Waals surface area contributed by atoms with Crippen molar-refractivity contribution in [3.05, 3.63) is 20.3 Å². The summed E-state index contributed by atoms with van der Waals surface area (Å²) in [6, 6.07) is 3.07. The molecule has 2 aliphatic carbocycles. The van der Waals surface area contributed by atoms with Crippen molar-refractivity contribution >= 4 is 27.3 Å². The summed E-state index contributed by atoms with van der Waals surface area (Å²) in [5.74, 6) is 2.02. The highest BCUT2D eigenvalue weighted by molar-refractivity contribution is 9.10. The third kappa shape index (κ3) is 2.09. The van der Waals surface area contributed by atoms with Crippen molar-refractivity contribution in [2.24, 2.45) is 11.8 Å². The first-order valence-corrected chi connectivity index (χ1v) is 7.81. The minimum Gasteiger partial charge on any atom is -0.309 e. The van der Waals surface area contributed by atoms with Crippen LogP contribution in [0, 0.1) is 18.8 Å². The zero-order valence-corrected chi connectivity index (χ0v) is 12.0. The van der Waals surface area contributed by atoms with Gasteiger partial charge in [-0.3, -0.25) is 0 Å². The minimum absolute atomic E-state index is 0.805. The summed E-state index contributed by atoms with van der Waals surface area (Å²) in [5.41, 5.74) is 0. The molecule has 3 atom stereocenters. The molecular weight excluding hydrogens is 282 g/mol. The Morgan fingerprint density at radius 1 is 1.44 bits per heavy atom. The monoisotopic (exact) mass is 299 g/mol. The van der Waals surface area contributed by atoms with Gasteiger partial charge < -0.3 is 5.32 Å². The zero-order chi connectivity index (χ0) is 11.1. The van der Waals surface area contributed by atoms with Gasteiger partial charge in [-0.1, -0.05) is 6.42 Å². The van der Waals surface area contributed by atoms with Crippen LogP contribution in [0.15, 0.2) is 10.5 Å². The molecule has 1 aromatic heterocycles. The van der Waals surface area contributed by atoms with Crippen LogP contribution in [0.2, 0.25) is 0 Å². The molecule has 3 rings (SSSR count). The quantitative estimate of drug-likeness (QED) is 0.886. The fourth-order valence-electron chi connectivity index (χ4n) is 3.33. The van der Waals surface area contributed by atoms with Crippen LogP contribution in [-0.2, 0) is 6.54 Å². The van der Waals surface area contributed by atoms with E-state index < -0.39 is 0 Å². The predicted molar refractivity (Wildman–Crippen MR) is 72.8 cm³/mol. The topological polar surface area (TPSA) is 12.0 Å². The van der Waals surface area contributed by atoms with E-state index in [-0.39, 0.29) is 0 Å². The van der Waals surface area contributed by atoms with Crippen LogP contribution in [0.5, 0.6) is 0 Å². The molecule has 0 aromatic carbocycles. The molecule has 16 heavy (non-hydrogen) atoms. The Hall–Kier alpha value is 0.140. The Bertz CT molecular complexity index is 368. The molecule has 2 fully saturated rings. The van der Waals surface area contributed by atoms with Gasteiger partial charge in [0.05, 0.1) is 0 Å². The minimum atomic E-state index is 0.805. The molecule has 2 bridgehead atoms. The third-order valence-corrected chi connectivity index (χ3v) is 6.32. The van der Waals surface area contributed by atoms with Crippen molar-refractivity contribution in [3.8, 4) is 0 Å². The molecular formula is C13H18BrNS. The highest BCUT2D eigenvalue weighted by atomic mass is 79.9. The normalized spacial score (nSPS) is 32.5. The third-order valence-electron chi connectivity index (χ3n) is 4.18. The summed E-state index contributed by atoms with van der Waals surface area (Å²) in [6.07, 6.45) is 5.88. The van der Waals surface area contributed by atoms with Gasteiger partial charge in [0, 0.05) is 26.8 Å². The van der Waals surface area contributed by atoms with E-state index in [4.69, 9.17) is 0 Å². The van der Waals surface area contributed by atoms with E-state index in [0.717, 1.165) is 24.4 Å². The van der Waals surface area contributed by atoms with E-state index in [1.54, 1.807) is 0 Å². The second kappa shape index (κ2) is 4.43. The number of aryl methyl sites for hydroxylation is 1. The average molecular weight is 300 g/mol. The Morgan fingerprint density at radius 3 is 2.88 bits per heavy atom. The number of nitrogens with one attached hydrogen (secondary N) is 1. The lowest BCUT2D eigenvalue weighted by molar-refractivity contribution is 0.351. The van der Waals surface area contributed by atoms with Crippen LogP contribution >= 0.6 is 27.3 Å². The molecule has 2 aliphatic rings. The highest BCUT2D eigenvalue weighted by Gasteiger charge is 2.38. The standard InChI is InChI=1S/C13H18BrNS/c1-8-12(14)6-11(16-8)7-15-13-5-9-2-3-10(13)4-9/h6,9-10,13,15H,2-5,7H2,1H3. The van der Waals surface area contributed by atoms with Crippen molar-refractivity contribution in [1.29, 1.82) is 0 Å². The lowest BCUT2D eigenvalue weighted by atomic mass is 9.95. The first-order chi connectivity index (χ1) is 7.72. The van der Waals surface area contributed by atoms with Gasteiger partial charge in [-0.2, -0.15) is 0 Å². The molecule has 1 heterocycles. The fraction of sp³-hybridized carbons (Fsp3) is 0.692. The Kier molecular flexibility index (Phi) is 3.11. The fourth-order valence-corrected chi connectivity index (χ4v) is 4.88. The zero-order valence-electron chi connectivity index (χ0n) is 9.63.